The molecule has 76 heavy (non-hydrogen) atoms. The molecule has 0 radical (unpaired) electrons. The topological polar surface area (TPSA) is 78.9 Å². The van der Waals surface area contributed by atoms with E-state index in [1.165, 1.54) is 148 Å². The molecule has 0 spiro atoms. The molecule has 0 rings (SSSR count). The number of rotatable bonds is 58. The molecule has 6 nitrogen and oxygen atoms in total. The molecule has 0 aromatic heterocycles. The number of carbonyl (C=O) groups is 3. The summed E-state index contributed by atoms with van der Waals surface area (Å²) in [5.41, 5.74) is 0. The number of esters is 3. The number of carbonyl (C=O) groups excluding carboxylic acids is 3. The van der Waals surface area contributed by atoms with Crippen molar-refractivity contribution in [2.75, 3.05) is 13.2 Å². The van der Waals surface area contributed by atoms with E-state index in [2.05, 4.69) is 118 Å². The zero-order valence-corrected chi connectivity index (χ0v) is 50.0. The van der Waals surface area contributed by atoms with Gasteiger partial charge in [0.2, 0.25) is 0 Å². The standard InChI is InChI=1S/C70H120O6/c1-4-7-10-13-16-19-22-24-26-28-30-32-33-34-35-36-37-39-40-42-44-46-48-51-54-57-60-63-69(72)75-66-67(65-74-68(71)62-59-56-53-50-21-18-15-12-9-6-3)76-70(73)64-61-58-55-52-49-47-45-43-41-38-31-29-27-25-23-20-17-14-11-8-5-2/h7,10,16,19,24,26,29-32,34-35,37,39,42,44,67H,4-6,8-9,11-15,17-18,20-23,25,27-28,33,36,38,40-41,43,45-66H2,1-3H3/b10-7-,19-16-,26-24-,31-29-,32-30-,35-34-,39-37-,44-42-. The molecule has 0 N–H and O–H groups in total. The number of unbranched alkanes of at least 4 members (excludes halogenated alkanes) is 31. The van der Waals surface area contributed by atoms with Crippen LogP contribution in [0.4, 0.5) is 0 Å². The molecular formula is C70H120O6. The van der Waals surface area contributed by atoms with Gasteiger partial charge in [0.05, 0.1) is 0 Å². The minimum atomic E-state index is -0.786. The van der Waals surface area contributed by atoms with Gasteiger partial charge < -0.3 is 14.2 Å². The van der Waals surface area contributed by atoms with Crippen molar-refractivity contribution in [3.63, 3.8) is 0 Å². The van der Waals surface area contributed by atoms with E-state index in [9.17, 15) is 14.4 Å². The molecule has 0 aromatic rings. The number of allylic oxidation sites excluding steroid dienone is 16. The predicted molar refractivity (Wildman–Crippen MR) is 330 cm³/mol. The van der Waals surface area contributed by atoms with Crippen LogP contribution < -0.4 is 0 Å². The van der Waals surface area contributed by atoms with Crippen LogP contribution in [0.5, 0.6) is 0 Å². The Bertz CT molecular complexity index is 1490. The first kappa shape index (κ1) is 72.3. The van der Waals surface area contributed by atoms with E-state index in [1.54, 1.807) is 0 Å². The van der Waals surface area contributed by atoms with Crippen LogP contribution in [0.15, 0.2) is 97.2 Å². The maximum absolute atomic E-state index is 12.9. The van der Waals surface area contributed by atoms with E-state index in [0.29, 0.717) is 19.3 Å². The Hall–Kier alpha value is -3.67. The molecule has 0 heterocycles. The second kappa shape index (κ2) is 63.9. The second-order valence-corrected chi connectivity index (χ2v) is 21.3. The predicted octanol–water partition coefficient (Wildman–Crippen LogP) is 22.0. The smallest absolute Gasteiger partial charge is 0.306 e. The molecule has 436 valence electrons. The highest BCUT2D eigenvalue weighted by molar-refractivity contribution is 5.71. The SMILES string of the molecule is CC/C=C\C/C=C\C/C=C\C/C=C\C/C=C\C/C=C\C/C=C\CCCCCCCC(=O)OCC(COC(=O)CCCCCCCCCCCC)OC(=O)CCCCCCCCCCC/C=C\CCCCCCCCCC. The maximum Gasteiger partial charge on any atom is 0.306 e. The van der Waals surface area contributed by atoms with Crippen molar-refractivity contribution >= 4 is 17.9 Å². The zero-order chi connectivity index (χ0) is 55.0. The summed E-state index contributed by atoms with van der Waals surface area (Å²) >= 11 is 0. The zero-order valence-electron chi connectivity index (χ0n) is 50.0. The van der Waals surface area contributed by atoms with Crippen LogP contribution in [0.2, 0.25) is 0 Å². The molecule has 0 aliphatic rings. The molecule has 0 bridgehead atoms. The Kier molecular flexibility index (Phi) is 60.8. The van der Waals surface area contributed by atoms with Gasteiger partial charge in [-0.3, -0.25) is 14.4 Å². The minimum Gasteiger partial charge on any atom is -0.462 e. The fraction of sp³-hybridized carbons (Fsp3) is 0.729. The summed E-state index contributed by atoms with van der Waals surface area (Å²) in [5, 5.41) is 0. The van der Waals surface area contributed by atoms with E-state index in [4.69, 9.17) is 14.2 Å². The summed E-state index contributed by atoms with van der Waals surface area (Å²) in [6.45, 7) is 6.52. The lowest BCUT2D eigenvalue weighted by Crippen LogP contribution is -2.30. The highest BCUT2D eigenvalue weighted by Crippen LogP contribution is 2.16. The Labute approximate surface area is 470 Å². The van der Waals surface area contributed by atoms with E-state index in [0.717, 1.165) is 122 Å². The molecule has 0 fully saturated rings. The van der Waals surface area contributed by atoms with E-state index >= 15 is 0 Å². The van der Waals surface area contributed by atoms with E-state index in [-0.39, 0.29) is 31.1 Å². The quantitative estimate of drug-likeness (QED) is 0.0261. The van der Waals surface area contributed by atoms with E-state index in [1.807, 2.05) is 0 Å². The van der Waals surface area contributed by atoms with Crippen LogP contribution in [0.25, 0.3) is 0 Å². The second-order valence-electron chi connectivity index (χ2n) is 21.3. The van der Waals surface area contributed by atoms with Crippen molar-refractivity contribution in [2.45, 2.75) is 316 Å². The molecule has 0 aromatic carbocycles. The highest BCUT2D eigenvalue weighted by Gasteiger charge is 2.19. The van der Waals surface area contributed by atoms with Crippen LogP contribution in [0.3, 0.4) is 0 Å². The van der Waals surface area contributed by atoms with Crippen molar-refractivity contribution in [1.82, 2.24) is 0 Å². The van der Waals surface area contributed by atoms with Crippen LogP contribution in [-0.2, 0) is 28.6 Å². The summed E-state index contributed by atoms with van der Waals surface area (Å²) in [5.74, 6) is -0.896. The van der Waals surface area contributed by atoms with Crippen molar-refractivity contribution in [1.29, 1.82) is 0 Å². The van der Waals surface area contributed by atoms with Gasteiger partial charge in [-0.05, 0) is 103 Å². The van der Waals surface area contributed by atoms with Gasteiger partial charge in [0, 0.05) is 19.3 Å². The molecule has 0 amide bonds. The average Bonchev–Trinajstić information content (AvgIpc) is 3.42. The van der Waals surface area contributed by atoms with Gasteiger partial charge in [-0.1, -0.05) is 285 Å². The van der Waals surface area contributed by atoms with Gasteiger partial charge in [0.25, 0.3) is 0 Å². The van der Waals surface area contributed by atoms with Gasteiger partial charge in [-0.15, -0.1) is 0 Å². The number of hydrogen-bond donors (Lipinski definition) is 0. The van der Waals surface area contributed by atoms with Crippen molar-refractivity contribution in [2.24, 2.45) is 0 Å². The molecule has 1 unspecified atom stereocenters. The number of ether oxygens (including phenoxy) is 3. The Balaban J connectivity index is 4.30. The summed E-state index contributed by atoms with van der Waals surface area (Å²) < 4.78 is 16.9. The number of hydrogen-bond acceptors (Lipinski definition) is 6. The minimum absolute atomic E-state index is 0.0823. The molecule has 6 heteroatoms. The molecule has 0 aliphatic heterocycles. The highest BCUT2D eigenvalue weighted by atomic mass is 16.6. The Morgan fingerprint density at radius 3 is 0.816 bits per heavy atom. The monoisotopic (exact) mass is 1060 g/mol. The third-order valence-electron chi connectivity index (χ3n) is 13.8. The van der Waals surface area contributed by atoms with Gasteiger partial charge in [0.1, 0.15) is 13.2 Å². The lowest BCUT2D eigenvalue weighted by molar-refractivity contribution is -0.167. The van der Waals surface area contributed by atoms with Crippen LogP contribution in [0, 0.1) is 0 Å². The van der Waals surface area contributed by atoms with Crippen LogP contribution in [-0.4, -0.2) is 37.2 Å². The summed E-state index contributed by atoms with van der Waals surface area (Å²) in [7, 11) is 0. The van der Waals surface area contributed by atoms with Gasteiger partial charge in [0.15, 0.2) is 6.10 Å². The summed E-state index contributed by atoms with van der Waals surface area (Å²) in [6.07, 6.45) is 85.6. The largest absolute Gasteiger partial charge is 0.462 e. The first-order chi connectivity index (χ1) is 37.5. The van der Waals surface area contributed by atoms with Gasteiger partial charge >= 0.3 is 17.9 Å². The Morgan fingerprint density at radius 2 is 0.513 bits per heavy atom. The molecule has 1 atom stereocenters. The fourth-order valence-electron chi connectivity index (χ4n) is 9.01. The first-order valence-electron chi connectivity index (χ1n) is 32.2. The maximum atomic E-state index is 12.9. The van der Waals surface area contributed by atoms with Gasteiger partial charge in [-0.2, -0.15) is 0 Å². The normalized spacial score (nSPS) is 12.7. The Morgan fingerprint density at radius 1 is 0.276 bits per heavy atom. The summed E-state index contributed by atoms with van der Waals surface area (Å²) in [6, 6.07) is 0. The molecule has 0 aliphatic carbocycles. The lowest BCUT2D eigenvalue weighted by atomic mass is 10.1. The fourth-order valence-corrected chi connectivity index (χ4v) is 9.01. The van der Waals surface area contributed by atoms with E-state index < -0.39 is 6.10 Å². The summed E-state index contributed by atoms with van der Waals surface area (Å²) in [4.78, 5) is 38.2. The third kappa shape index (κ3) is 61.2. The third-order valence-corrected chi connectivity index (χ3v) is 13.8. The van der Waals surface area contributed by atoms with Crippen molar-refractivity contribution < 1.29 is 28.6 Å². The van der Waals surface area contributed by atoms with Crippen molar-refractivity contribution in [3.8, 4) is 0 Å². The first-order valence-corrected chi connectivity index (χ1v) is 32.2. The van der Waals surface area contributed by atoms with Crippen molar-refractivity contribution in [3.05, 3.63) is 97.2 Å². The lowest BCUT2D eigenvalue weighted by Gasteiger charge is -2.18. The molecule has 0 saturated carbocycles. The molecular weight excluding hydrogens is 937 g/mol. The van der Waals surface area contributed by atoms with Crippen LogP contribution >= 0.6 is 0 Å². The average molecular weight is 1060 g/mol. The van der Waals surface area contributed by atoms with Gasteiger partial charge in [-0.25, -0.2) is 0 Å². The van der Waals surface area contributed by atoms with Crippen LogP contribution in [0.1, 0.15) is 310 Å². The molecule has 0 saturated heterocycles.